The third-order valence-electron chi connectivity index (χ3n) is 11.2. The van der Waals surface area contributed by atoms with Gasteiger partial charge in [0.05, 0.1) is 5.92 Å². The Morgan fingerprint density at radius 2 is 1.19 bits per heavy atom. The van der Waals surface area contributed by atoms with E-state index < -0.39 is 106 Å². The van der Waals surface area contributed by atoms with Gasteiger partial charge in [0.15, 0.2) is 6.10 Å². The Kier molecular flexibility index (Phi) is 20.2. The molecule has 0 aliphatic carbocycles. The van der Waals surface area contributed by atoms with Gasteiger partial charge in [0.2, 0.25) is 29.5 Å². The van der Waals surface area contributed by atoms with Crippen molar-refractivity contribution in [3.63, 3.8) is 0 Å². The van der Waals surface area contributed by atoms with Crippen molar-refractivity contribution in [2.75, 3.05) is 26.1 Å². The van der Waals surface area contributed by atoms with E-state index in [4.69, 9.17) is 4.74 Å². The van der Waals surface area contributed by atoms with Crippen molar-refractivity contribution in [1.82, 2.24) is 31.1 Å². The number of likely N-dealkylation sites (N-methyl/N-ethyl adjacent to an activating group) is 2. The first-order valence-electron chi connectivity index (χ1n) is 21.6. The van der Waals surface area contributed by atoms with Crippen LogP contribution in [0.4, 0.5) is 0 Å². The van der Waals surface area contributed by atoms with E-state index in [9.17, 15) is 37.8 Å². The van der Waals surface area contributed by atoms with Gasteiger partial charge in [0.25, 0.3) is 5.91 Å². The highest BCUT2D eigenvalue weighted by Gasteiger charge is 2.40. The molecule has 62 heavy (non-hydrogen) atoms. The number of hydrogen-bond acceptors (Lipinski definition) is 9. The van der Waals surface area contributed by atoms with Crippen LogP contribution in [-0.2, 0) is 61.9 Å². The number of carbonyl (C=O) groups is 7. The minimum Gasteiger partial charge on any atom is -0.452 e. The van der Waals surface area contributed by atoms with Crippen LogP contribution in [0.3, 0.4) is 0 Å². The fourth-order valence-corrected chi connectivity index (χ4v) is 7.90. The summed E-state index contributed by atoms with van der Waals surface area (Å²) in [4.78, 5) is 102. The molecule has 0 spiro atoms. The maximum Gasteiger partial charge on any atom is 0.311 e. The minimum absolute atomic E-state index is 0.0265. The number of esters is 1. The average molecular weight is 881 g/mol. The molecule has 342 valence electrons. The average Bonchev–Trinajstić information content (AvgIpc) is 3.23. The molecular formula is C46H68N6O9S. The number of amides is 6. The molecule has 0 radical (unpaired) electrons. The molecule has 0 aromatic heterocycles. The summed E-state index contributed by atoms with van der Waals surface area (Å²) in [6.07, 6.45) is 1.34. The molecule has 3 rings (SSSR count). The molecule has 9 atom stereocenters. The van der Waals surface area contributed by atoms with Crippen LogP contribution in [-0.4, -0.2) is 124 Å². The van der Waals surface area contributed by atoms with Gasteiger partial charge in [-0.05, 0) is 56.1 Å². The van der Waals surface area contributed by atoms with Crippen LogP contribution in [0, 0.1) is 17.8 Å². The highest BCUT2D eigenvalue weighted by Crippen LogP contribution is 2.21. The van der Waals surface area contributed by atoms with Gasteiger partial charge in [0.1, 0.15) is 30.2 Å². The predicted octanol–water partition coefficient (Wildman–Crippen LogP) is 2.92. The van der Waals surface area contributed by atoms with Gasteiger partial charge in [-0.1, -0.05) is 102 Å². The topological polar surface area (TPSA) is 200 Å². The highest BCUT2D eigenvalue weighted by atomic mass is 32.2. The Balaban J connectivity index is 2.22. The van der Waals surface area contributed by atoms with Crippen LogP contribution in [0.1, 0.15) is 85.3 Å². The summed E-state index contributed by atoms with van der Waals surface area (Å²) < 4.78 is 18.3. The molecule has 1 aliphatic heterocycles. The minimum atomic E-state index is -1.37. The number of hydrogen-bond donors (Lipinski definition) is 4. The molecule has 4 N–H and O–H groups in total. The monoisotopic (exact) mass is 880 g/mol. The fraction of sp³-hybridized carbons (Fsp3) is 0.587. The summed E-state index contributed by atoms with van der Waals surface area (Å²) in [6.45, 7) is 12.2. The summed E-state index contributed by atoms with van der Waals surface area (Å²) in [5, 5.41) is 11.3. The third-order valence-corrected chi connectivity index (χ3v) is 12.0. The number of benzene rings is 2. The van der Waals surface area contributed by atoms with Crippen molar-refractivity contribution in [3.05, 3.63) is 71.8 Å². The van der Waals surface area contributed by atoms with Crippen molar-refractivity contribution < 1.29 is 42.5 Å². The normalized spacial score (nSPS) is 26.2. The van der Waals surface area contributed by atoms with Crippen molar-refractivity contribution in [3.8, 4) is 0 Å². The first kappa shape index (κ1) is 51.2. The number of nitrogens with zero attached hydrogens (tertiary/aromatic N) is 2. The van der Waals surface area contributed by atoms with E-state index in [2.05, 4.69) is 21.3 Å². The molecule has 0 saturated carbocycles. The van der Waals surface area contributed by atoms with E-state index >= 15 is 0 Å². The first-order chi connectivity index (χ1) is 29.2. The van der Waals surface area contributed by atoms with E-state index in [1.54, 1.807) is 69.3 Å². The molecular weight excluding hydrogens is 813 g/mol. The molecule has 2 aromatic rings. The van der Waals surface area contributed by atoms with Gasteiger partial charge in [0, 0.05) is 55.8 Å². The molecule has 1 heterocycles. The van der Waals surface area contributed by atoms with Crippen molar-refractivity contribution in [2.24, 2.45) is 17.8 Å². The summed E-state index contributed by atoms with van der Waals surface area (Å²) in [6, 6.07) is 11.4. The standard InChI is InChI=1S/C46H68N6O9S/c1-11-18-34-30(6)46(59)61-39(29(4)5)45(58)52(9)38(27-33-21-16-13-17-22-33)43(56)49-35(23-24-62(10)60)41(54)50-36(26-32-19-14-12-15-20-32)44(57)51(8)37(25-28(2)3)42(55)47-31(7)40(53)48-34/h12-17,19-22,28-31,34-39H,11,18,23-27H2,1-10H3,(H,47,55)(H,48,53)(H,49,56)(H,50,54). The number of rotatable bonds is 12. The number of nitrogens with one attached hydrogen (secondary N) is 4. The Morgan fingerprint density at radius 3 is 1.73 bits per heavy atom. The number of cyclic esters (lactones) is 1. The van der Waals surface area contributed by atoms with Crippen molar-refractivity contribution >= 4 is 52.2 Å². The van der Waals surface area contributed by atoms with E-state index in [0.29, 0.717) is 24.0 Å². The van der Waals surface area contributed by atoms with Crippen LogP contribution in [0.5, 0.6) is 0 Å². The Morgan fingerprint density at radius 1 is 0.661 bits per heavy atom. The summed E-state index contributed by atoms with van der Waals surface area (Å²) in [5.74, 6) is -6.06. The third kappa shape index (κ3) is 15.1. The van der Waals surface area contributed by atoms with Crippen LogP contribution in [0.15, 0.2) is 60.7 Å². The van der Waals surface area contributed by atoms with Crippen molar-refractivity contribution in [2.45, 2.75) is 129 Å². The zero-order valence-corrected chi connectivity index (χ0v) is 38.8. The van der Waals surface area contributed by atoms with Gasteiger partial charge in [-0.3, -0.25) is 37.8 Å². The van der Waals surface area contributed by atoms with Crippen LogP contribution < -0.4 is 21.3 Å². The summed E-state index contributed by atoms with van der Waals surface area (Å²) >= 11 is 0. The predicted molar refractivity (Wildman–Crippen MR) is 239 cm³/mol. The largest absolute Gasteiger partial charge is 0.452 e. The second-order valence-corrected chi connectivity index (χ2v) is 18.7. The zero-order valence-electron chi connectivity index (χ0n) is 38.0. The molecule has 1 aliphatic rings. The second kappa shape index (κ2) is 24.5. The molecule has 15 nitrogen and oxygen atoms in total. The zero-order chi connectivity index (χ0) is 46.3. The van der Waals surface area contributed by atoms with Gasteiger partial charge in [-0.25, -0.2) is 0 Å². The van der Waals surface area contributed by atoms with E-state index in [1.165, 1.54) is 37.1 Å². The lowest BCUT2D eigenvalue weighted by Gasteiger charge is -2.35. The summed E-state index contributed by atoms with van der Waals surface area (Å²) in [7, 11) is 1.53. The lowest BCUT2D eigenvalue weighted by molar-refractivity contribution is -0.168. The Labute approximate surface area is 369 Å². The lowest BCUT2D eigenvalue weighted by atomic mass is 9.96. The molecule has 16 heteroatoms. The Bertz CT molecular complexity index is 1860. The molecule has 0 bridgehead atoms. The van der Waals surface area contributed by atoms with Gasteiger partial charge >= 0.3 is 5.97 Å². The first-order valence-corrected chi connectivity index (χ1v) is 23.3. The maximum atomic E-state index is 14.6. The molecule has 1 fully saturated rings. The van der Waals surface area contributed by atoms with Crippen LogP contribution in [0.25, 0.3) is 0 Å². The smallest absolute Gasteiger partial charge is 0.311 e. The molecule has 9 unspecified atom stereocenters. The molecule has 6 amide bonds. The maximum absolute atomic E-state index is 14.6. The van der Waals surface area contributed by atoms with Crippen LogP contribution in [0.2, 0.25) is 0 Å². The fourth-order valence-electron chi connectivity index (χ4n) is 7.34. The van der Waals surface area contributed by atoms with E-state index in [-0.39, 0.29) is 37.4 Å². The lowest BCUT2D eigenvalue weighted by Crippen LogP contribution is -2.61. The number of carbonyl (C=O) groups excluding carboxylic acids is 7. The van der Waals surface area contributed by atoms with E-state index in [0.717, 1.165) is 0 Å². The molecule has 1 saturated heterocycles. The van der Waals surface area contributed by atoms with Crippen LogP contribution >= 0.6 is 0 Å². The van der Waals surface area contributed by atoms with E-state index in [1.807, 2.05) is 32.9 Å². The molecule has 2 aromatic carbocycles. The number of ether oxygens (including phenoxy) is 1. The van der Waals surface area contributed by atoms with Gasteiger partial charge in [-0.15, -0.1) is 0 Å². The quantitative estimate of drug-likeness (QED) is 0.232. The SMILES string of the molecule is CCCC1NC(=O)C(C)NC(=O)C(CC(C)C)N(C)C(=O)C(Cc2ccccc2)NC(=O)C(CCS(C)=O)NC(=O)C(Cc2ccccc2)N(C)C(=O)C(C(C)C)OC(=O)C1C. The Hall–Kier alpha value is -5.12. The highest BCUT2D eigenvalue weighted by molar-refractivity contribution is 7.84. The second-order valence-electron chi connectivity index (χ2n) is 17.2. The van der Waals surface area contributed by atoms with Gasteiger partial charge in [-0.2, -0.15) is 0 Å². The summed E-state index contributed by atoms with van der Waals surface area (Å²) in [5.41, 5.74) is 1.42. The van der Waals surface area contributed by atoms with Crippen molar-refractivity contribution in [1.29, 1.82) is 0 Å². The van der Waals surface area contributed by atoms with Gasteiger partial charge < -0.3 is 35.8 Å².